The number of carbonyl (C=O) groups is 1. The van der Waals surface area contributed by atoms with Crippen LogP contribution in [0.5, 0.6) is 0 Å². The molecule has 0 aromatic carbocycles. The zero-order chi connectivity index (χ0) is 18.4. The second-order valence-corrected chi connectivity index (χ2v) is 7.59. The molecule has 1 aliphatic heterocycles. The molecule has 1 fully saturated rings. The van der Waals surface area contributed by atoms with E-state index in [4.69, 9.17) is 4.74 Å². The molecule has 0 bridgehead atoms. The summed E-state index contributed by atoms with van der Waals surface area (Å²) in [7, 11) is 1.70. The number of urea groups is 1. The summed E-state index contributed by atoms with van der Waals surface area (Å²) < 4.78 is 5.42. The number of methoxy groups -OCH3 is 1. The lowest BCUT2D eigenvalue weighted by Crippen LogP contribution is -2.50. The van der Waals surface area contributed by atoms with Crippen molar-refractivity contribution in [1.29, 1.82) is 0 Å². The zero-order valence-corrected chi connectivity index (χ0v) is 16.1. The minimum absolute atomic E-state index is 0.0616. The van der Waals surface area contributed by atoms with Crippen LogP contribution >= 0.6 is 0 Å². The topological polar surface area (TPSA) is 66.5 Å². The summed E-state index contributed by atoms with van der Waals surface area (Å²) in [6.45, 7) is 9.89. The molecule has 1 aromatic heterocycles. The number of nitrogens with one attached hydrogen (secondary N) is 2. The highest BCUT2D eigenvalue weighted by molar-refractivity contribution is 5.74. The van der Waals surface area contributed by atoms with E-state index >= 15 is 0 Å². The maximum Gasteiger partial charge on any atom is 0.315 e. The van der Waals surface area contributed by atoms with Crippen molar-refractivity contribution in [2.45, 2.75) is 64.6 Å². The van der Waals surface area contributed by atoms with Crippen LogP contribution in [0.2, 0.25) is 0 Å². The van der Waals surface area contributed by atoms with Gasteiger partial charge in [0.15, 0.2) is 0 Å². The van der Waals surface area contributed by atoms with Crippen LogP contribution in [0.15, 0.2) is 18.2 Å². The number of anilines is 1. The molecule has 1 aromatic rings. The van der Waals surface area contributed by atoms with E-state index in [-0.39, 0.29) is 23.7 Å². The van der Waals surface area contributed by atoms with Crippen LogP contribution in [0.25, 0.3) is 0 Å². The van der Waals surface area contributed by atoms with Gasteiger partial charge in [0.05, 0.1) is 5.60 Å². The molecular weight excluding hydrogens is 316 g/mol. The monoisotopic (exact) mass is 348 g/mol. The number of ether oxygens (including phenoxy) is 1. The number of aromatic nitrogens is 1. The summed E-state index contributed by atoms with van der Waals surface area (Å²) in [5.41, 5.74) is 0.795. The van der Waals surface area contributed by atoms with Crippen LogP contribution < -0.4 is 15.5 Å². The van der Waals surface area contributed by atoms with E-state index in [0.29, 0.717) is 0 Å². The van der Waals surface area contributed by atoms with E-state index in [9.17, 15) is 4.79 Å². The normalized spacial score (nSPS) is 17.2. The summed E-state index contributed by atoms with van der Waals surface area (Å²) in [4.78, 5) is 19.1. The maximum absolute atomic E-state index is 12.2. The van der Waals surface area contributed by atoms with Crippen LogP contribution in [-0.4, -0.2) is 48.9 Å². The van der Waals surface area contributed by atoms with Crippen LogP contribution in [0.1, 0.15) is 45.7 Å². The molecule has 2 heterocycles. The summed E-state index contributed by atoms with van der Waals surface area (Å²) in [6.07, 6.45) is 2.64. The van der Waals surface area contributed by atoms with Gasteiger partial charge in [-0.1, -0.05) is 6.07 Å². The molecule has 0 saturated carbocycles. The fourth-order valence-electron chi connectivity index (χ4n) is 3.28. The molecule has 1 saturated heterocycles. The quantitative estimate of drug-likeness (QED) is 0.830. The average molecular weight is 348 g/mol. The van der Waals surface area contributed by atoms with Crippen molar-refractivity contribution in [3.63, 3.8) is 0 Å². The standard InChI is InChI=1S/C19H32N4O2/c1-14-7-6-8-17(20-14)23-11-9-16(10-12-23)22-18(24)21-15(2)13-19(3,4)25-5/h6-8,15-16H,9-13H2,1-5H3,(H2,21,22,24)/t15-/m0/s1. The van der Waals surface area contributed by atoms with Crippen molar-refractivity contribution < 1.29 is 9.53 Å². The first-order valence-corrected chi connectivity index (χ1v) is 9.10. The second kappa shape index (κ2) is 8.52. The maximum atomic E-state index is 12.2. The molecule has 0 aliphatic carbocycles. The summed E-state index contributed by atoms with van der Waals surface area (Å²) in [5.74, 6) is 1.03. The van der Waals surface area contributed by atoms with Gasteiger partial charge in [0.1, 0.15) is 5.82 Å². The van der Waals surface area contributed by atoms with E-state index in [1.54, 1.807) is 7.11 Å². The van der Waals surface area contributed by atoms with E-state index < -0.39 is 0 Å². The molecule has 1 atom stereocenters. The van der Waals surface area contributed by atoms with Gasteiger partial charge in [0, 0.05) is 38.0 Å². The van der Waals surface area contributed by atoms with Crippen molar-refractivity contribution in [3.05, 3.63) is 23.9 Å². The molecule has 0 unspecified atom stereocenters. The number of amides is 2. The third kappa shape index (κ3) is 6.20. The number of nitrogens with zero attached hydrogens (tertiary/aromatic N) is 2. The Labute approximate surface area is 151 Å². The van der Waals surface area contributed by atoms with Gasteiger partial charge < -0.3 is 20.3 Å². The predicted molar refractivity (Wildman–Crippen MR) is 101 cm³/mol. The molecule has 6 heteroatoms. The second-order valence-electron chi connectivity index (χ2n) is 7.59. The third-order valence-corrected chi connectivity index (χ3v) is 4.76. The van der Waals surface area contributed by atoms with Crippen LogP contribution in [-0.2, 0) is 4.74 Å². The lowest BCUT2D eigenvalue weighted by atomic mass is 10.00. The molecule has 2 N–H and O–H groups in total. The zero-order valence-electron chi connectivity index (χ0n) is 16.1. The number of hydrogen-bond acceptors (Lipinski definition) is 4. The van der Waals surface area contributed by atoms with Gasteiger partial charge in [-0.05, 0) is 59.1 Å². The lowest BCUT2D eigenvalue weighted by molar-refractivity contribution is 0.00948. The molecule has 140 valence electrons. The predicted octanol–water partition coefficient (Wildman–Crippen LogP) is 2.86. The molecular formula is C19H32N4O2. The minimum atomic E-state index is -0.237. The Bertz CT molecular complexity index is 568. The molecule has 2 amide bonds. The number of carbonyl (C=O) groups excluding carboxylic acids is 1. The molecule has 0 spiro atoms. The fourth-order valence-corrected chi connectivity index (χ4v) is 3.28. The minimum Gasteiger partial charge on any atom is -0.379 e. The molecule has 6 nitrogen and oxygen atoms in total. The van der Waals surface area contributed by atoms with Crippen molar-refractivity contribution in [3.8, 4) is 0 Å². The highest BCUT2D eigenvalue weighted by Crippen LogP contribution is 2.18. The van der Waals surface area contributed by atoms with Gasteiger partial charge in [-0.15, -0.1) is 0 Å². The van der Waals surface area contributed by atoms with Gasteiger partial charge >= 0.3 is 6.03 Å². The van der Waals surface area contributed by atoms with Crippen molar-refractivity contribution in [1.82, 2.24) is 15.6 Å². The van der Waals surface area contributed by atoms with Crippen molar-refractivity contribution in [2.24, 2.45) is 0 Å². The lowest BCUT2D eigenvalue weighted by Gasteiger charge is -2.33. The van der Waals surface area contributed by atoms with Crippen LogP contribution in [0.3, 0.4) is 0 Å². The highest BCUT2D eigenvalue weighted by atomic mass is 16.5. The first-order chi connectivity index (χ1) is 11.8. The largest absolute Gasteiger partial charge is 0.379 e. The number of pyridine rings is 1. The van der Waals surface area contributed by atoms with E-state index in [2.05, 4.69) is 20.5 Å². The summed E-state index contributed by atoms with van der Waals surface area (Å²) in [5, 5.41) is 6.11. The molecule has 25 heavy (non-hydrogen) atoms. The smallest absolute Gasteiger partial charge is 0.315 e. The fraction of sp³-hybridized carbons (Fsp3) is 0.684. The van der Waals surface area contributed by atoms with E-state index in [1.165, 1.54) is 0 Å². The van der Waals surface area contributed by atoms with Crippen molar-refractivity contribution >= 4 is 11.8 Å². The molecule has 2 rings (SSSR count). The van der Waals surface area contributed by atoms with E-state index in [0.717, 1.165) is 43.9 Å². The average Bonchev–Trinajstić information content (AvgIpc) is 2.54. The number of piperidine rings is 1. The van der Waals surface area contributed by atoms with Gasteiger partial charge in [-0.2, -0.15) is 0 Å². The van der Waals surface area contributed by atoms with Gasteiger partial charge in [-0.3, -0.25) is 0 Å². The highest BCUT2D eigenvalue weighted by Gasteiger charge is 2.24. The van der Waals surface area contributed by atoms with Gasteiger partial charge in [0.2, 0.25) is 0 Å². The number of rotatable bonds is 6. The van der Waals surface area contributed by atoms with Crippen LogP contribution in [0, 0.1) is 6.92 Å². The Kier molecular flexibility index (Phi) is 6.64. The Hall–Kier alpha value is -1.82. The van der Waals surface area contributed by atoms with E-state index in [1.807, 2.05) is 45.9 Å². The van der Waals surface area contributed by atoms with Gasteiger partial charge in [-0.25, -0.2) is 9.78 Å². The first kappa shape index (κ1) is 19.5. The Morgan fingerprint density at radius 2 is 2.08 bits per heavy atom. The Morgan fingerprint density at radius 3 is 2.68 bits per heavy atom. The van der Waals surface area contributed by atoms with Crippen molar-refractivity contribution in [2.75, 3.05) is 25.1 Å². The Balaban J connectivity index is 1.75. The molecule has 1 aliphatic rings. The van der Waals surface area contributed by atoms with Gasteiger partial charge in [0.25, 0.3) is 0 Å². The third-order valence-electron chi connectivity index (χ3n) is 4.76. The summed E-state index contributed by atoms with van der Waals surface area (Å²) >= 11 is 0. The first-order valence-electron chi connectivity index (χ1n) is 9.10. The SMILES string of the molecule is COC(C)(C)C[C@H](C)NC(=O)NC1CCN(c2cccc(C)n2)CC1. The van der Waals surface area contributed by atoms with Crippen LogP contribution in [0.4, 0.5) is 10.6 Å². The number of aryl methyl sites for hydroxylation is 1. The molecule has 0 radical (unpaired) electrons. The number of hydrogen-bond donors (Lipinski definition) is 2. The Morgan fingerprint density at radius 1 is 1.40 bits per heavy atom. The summed E-state index contributed by atoms with van der Waals surface area (Å²) in [6, 6.07) is 6.28.